The van der Waals surface area contributed by atoms with E-state index in [1.165, 1.54) is 0 Å². The Hall–Kier alpha value is -0.710. The van der Waals surface area contributed by atoms with Gasteiger partial charge in [0, 0.05) is 10.2 Å². The largest absolute Gasteiger partial charge is 0.405 e. The zero-order valence-corrected chi connectivity index (χ0v) is 8.11. The van der Waals surface area contributed by atoms with Crippen molar-refractivity contribution >= 4 is 21.6 Å². The number of anilines is 1. The molecule has 5 heteroatoms. The fourth-order valence-electron chi connectivity index (χ4n) is 0.801. The van der Waals surface area contributed by atoms with Gasteiger partial charge in [-0.2, -0.15) is 13.2 Å². The minimum atomic E-state index is -4.18. The summed E-state index contributed by atoms with van der Waals surface area (Å²) in [5.41, 5.74) is 0.451. The van der Waals surface area contributed by atoms with Crippen molar-refractivity contribution in [2.24, 2.45) is 0 Å². The highest BCUT2D eigenvalue weighted by Gasteiger charge is 2.26. The van der Waals surface area contributed by atoms with Crippen molar-refractivity contribution in [3.05, 3.63) is 28.7 Å². The molecule has 0 atom stereocenters. The predicted octanol–water partition coefficient (Wildman–Crippen LogP) is 3.42. The van der Waals surface area contributed by atoms with Gasteiger partial charge in [-0.05, 0) is 18.2 Å². The van der Waals surface area contributed by atoms with Gasteiger partial charge in [0.25, 0.3) is 0 Å². The fourth-order valence-corrected chi connectivity index (χ4v) is 1.20. The third-order valence-electron chi connectivity index (χ3n) is 1.32. The van der Waals surface area contributed by atoms with Crippen molar-refractivity contribution in [3.8, 4) is 0 Å². The van der Waals surface area contributed by atoms with Gasteiger partial charge in [0.05, 0.1) is 0 Å². The quantitative estimate of drug-likeness (QED) is 0.852. The number of hydrogen-bond acceptors (Lipinski definition) is 1. The molecule has 0 aliphatic rings. The summed E-state index contributed by atoms with van der Waals surface area (Å²) in [5, 5.41) is 2.27. The molecule has 0 saturated carbocycles. The second-order valence-electron chi connectivity index (χ2n) is 2.48. The third-order valence-corrected chi connectivity index (χ3v) is 1.81. The SMILES string of the molecule is FC(F)(F)CNc1cccc(Br)c1. The van der Waals surface area contributed by atoms with Crippen molar-refractivity contribution < 1.29 is 13.2 Å². The van der Waals surface area contributed by atoms with Crippen LogP contribution >= 0.6 is 15.9 Å². The Balaban J connectivity index is 2.55. The van der Waals surface area contributed by atoms with E-state index < -0.39 is 12.7 Å². The molecule has 1 nitrogen and oxygen atoms in total. The first-order valence-electron chi connectivity index (χ1n) is 3.53. The van der Waals surface area contributed by atoms with Crippen LogP contribution in [0.5, 0.6) is 0 Å². The summed E-state index contributed by atoms with van der Waals surface area (Å²) in [4.78, 5) is 0. The Kier molecular flexibility index (Phi) is 3.19. The van der Waals surface area contributed by atoms with Crippen molar-refractivity contribution in [1.29, 1.82) is 0 Å². The highest BCUT2D eigenvalue weighted by Crippen LogP contribution is 2.19. The number of hydrogen-bond donors (Lipinski definition) is 1. The third kappa shape index (κ3) is 4.17. The Bertz CT molecular complexity index is 285. The van der Waals surface area contributed by atoms with Crippen molar-refractivity contribution in [1.82, 2.24) is 0 Å². The predicted molar refractivity (Wildman–Crippen MR) is 48.7 cm³/mol. The van der Waals surface area contributed by atoms with Crippen LogP contribution in [0.25, 0.3) is 0 Å². The molecule has 72 valence electrons. The first-order valence-corrected chi connectivity index (χ1v) is 4.33. The Morgan fingerprint density at radius 2 is 2.00 bits per heavy atom. The van der Waals surface area contributed by atoms with Crippen LogP contribution < -0.4 is 5.32 Å². The molecule has 0 amide bonds. The average molecular weight is 254 g/mol. The van der Waals surface area contributed by atoms with Crippen LogP contribution in [0.15, 0.2) is 28.7 Å². The van der Waals surface area contributed by atoms with Crippen molar-refractivity contribution in [2.75, 3.05) is 11.9 Å². The molecular formula is C8H7BrF3N. The van der Waals surface area contributed by atoms with Gasteiger partial charge in [-0.15, -0.1) is 0 Å². The van der Waals surface area contributed by atoms with E-state index in [1.807, 2.05) is 0 Å². The molecule has 0 aliphatic heterocycles. The van der Waals surface area contributed by atoms with Gasteiger partial charge in [0.15, 0.2) is 0 Å². The van der Waals surface area contributed by atoms with E-state index in [0.29, 0.717) is 5.69 Å². The van der Waals surface area contributed by atoms with E-state index in [4.69, 9.17) is 0 Å². The number of rotatable bonds is 2. The number of halogens is 4. The van der Waals surface area contributed by atoms with Crippen LogP contribution in [0.3, 0.4) is 0 Å². The summed E-state index contributed by atoms with van der Waals surface area (Å²) in [5.74, 6) is 0. The summed E-state index contributed by atoms with van der Waals surface area (Å²) in [6.07, 6.45) is -4.18. The van der Waals surface area contributed by atoms with Crippen molar-refractivity contribution in [3.63, 3.8) is 0 Å². The van der Waals surface area contributed by atoms with Crippen LogP contribution in [0, 0.1) is 0 Å². The lowest BCUT2D eigenvalue weighted by Gasteiger charge is -2.09. The molecule has 1 N–H and O–H groups in total. The minimum absolute atomic E-state index is 0.451. The van der Waals surface area contributed by atoms with E-state index in [2.05, 4.69) is 21.2 Å². The monoisotopic (exact) mass is 253 g/mol. The van der Waals surface area contributed by atoms with Crippen LogP contribution in [0.4, 0.5) is 18.9 Å². The maximum Gasteiger partial charge on any atom is 0.405 e. The van der Waals surface area contributed by atoms with Crippen LogP contribution in [-0.2, 0) is 0 Å². The van der Waals surface area contributed by atoms with E-state index in [0.717, 1.165) is 4.47 Å². The molecule has 13 heavy (non-hydrogen) atoms. The molecule has 0 aliphatic carbocycles. The fraction of sp³-hybridized carbons (Fsp3) is 0.250. The van der Waals surface area contributed by atoms with Gasteiger partial charge in [-0.1, -0.05) is 22.0 Å². The molecule has 0 unspecified atom stereocenters. The minimum Gasteiger partial charge on any atom is -0.376 e. The molecule has 1 aromatic carbocycles. The number of alkyl halides is 3. The maximum atomic E-state index is 11.8. The Labute approximate surface area is 82.1 Å². The van der Waals surface area contributed by atoms with E-state index in [1.54, 1.807) is 24.3 Å². The molecule has 0 spiro atoms. The first kappa shape index (κ1) is 10.4. The lowest BCUT2D eigenvalue weighted by molar-refractivity contribution is -0.115. The Morgan fingerprint density at radius 3 is 2.54 bits per heavy atom. The van der Waals surface area contributed by atoms with Crippen LogP contribution in [0.1, 0.15) is 0 Å². The molecule has 0 saturated heterocycles. The molecule has 0 heterocycles. The second-order valence-corrected chi connectivity index (χ2v) is 3.39. The summed E-state index contributed by atoms with van der Waals surface area (Å²) < 4.78 is 36.1. The molecule has 0 bridgehead atoms. The molecule has 0 radical (unpaired) electrons. The summed E-state index contributed by atoms with van der Waals surface area (Å²) in [7, 11) is 0. The van der Waals surface area contributed by atoms with Gasteiger partial charge in [-0.3, -0.25) is 0 Å². The molecular weight excluding hydrogens is 247 g/mol. The molecule has 1 aromatic rings. The summed E-state index contributed by atoms with van der Waals surface area (Å²) in [6.45, 7) is -1.01. The molecule has 1 rings (SSSR count). The maximum absolute atomic E-state index is 11.8. The zero-order chi connectivity index (χ0) is 9.90. The topological polar surface area (TPSA) is 12.0 Å². The van der Waals surface area contributed by atoms with Gasteiger partial charge < -0.3 is 5.32 Å². The van der Waals surface area contributed by atoms with Gasteiger partial charge in [-0.25, -0.2) is 0 Å². The van der Waals surface area contributed by atoms with Crippen molar-refractivity contribution in [2.45, 2.75) is 6.18 Å². The van der Waals surface area contributed by atoms with E-state index in [-0.39, 0.29) is 0 Å². The standard InChI is InChI=1S/C8H7BrF3N/c9-6-2-1-3-7(4-6)13-5-8(10,11)12/h1-4,13H,5H2. The highest BCUT2D eigenvalue weighted by atomic mass is 79.9. The molecule has 0 aromatic heterocycles. The zero-order valence-electron chi connectivity index (χ0n) is 6.53. The van der Waals surface area contributed by atoms with Gasteiger partial charge in [0.1, 0.15) is 6.54 Å². The van der Waals surface area contributed by atoms with Gasteiger partial charge >= 0.3 is 6.18 Å². The van der Waals surface area contributed by atoms with E-state index in [9.17, 15) is 13.2 Å². The summed E-state index contributed by atoms with van der Waals surface area (Å²) >= 11 is 3.16. The smallest absolute Gasteiger partial charge is 0.376 e. The summed E-state index contributed by atoms with van der Waals surface area (Å²) in [6, 6.07) is 6.59. The normalized spacial score (nSPS) is 11.4. The number of nitrogens with one attached hydrogen (secondary N) is 1. The number of benzene rings is 1. The van der Waals surface area contributed by atoms with Crippen LogP contribution in [-0.4, -0.2) is 12.7 Å². The highest BCUT2D eigenvalue weighted by molar-refractivity contribution is 9.10. The van der Waals surface area contributed by atoms with E-state index >= 15 is 0 Å². The second kappa shape index (κ2) is 4.00. The van der Waals surface area contributed by atoms with Gasteiger partial charge in [0.2, 0.25) is 0 Å². The van der Waals surface area contributed by atoms with Crippen LogP contribution in [0.2, 0.25) is 0 Å². The first-order chi connectivity index (χ1) is 5.97. The lowest BCUT2D eigenvalue weighted by atomic mass is 10.3. The molecule has 0 fully saturated rings. The lowest BCUT2D eigenvalue weighted by Crippen LogP contribution is -2.21. The average Bonchev–Trinajstić information content (AvgIpc) is 2.00. The Morgan fingerprint density at radius 1 is 1.31 bits per heavy atom.